The molecule has 5 heteroatoms. The fourth-order valence-corrected chi connectivity index (χ4v) is 2.29. The highest BCUT2D eigenvalue weighted by Gasteiger charge is 2.44. The third-order valence-electron chi connectivity index (χ3n) is 2.70. The number of rotatable bonds is 5. The second kappa shape index (κ2) is 6.32. The van der Waals surface area contributed by atoms with Crippen LogP contribution in [0.25, 0.3) is 0 Å². The molecule has 1 nitrogen and oxygen atoms in total. The molecule has 0 aromatic carbocycles. The Hall–Kier alpha value is 0.100. The highest BCUT2D eigenvalue weighted by Crippen LogP contribution is 2.29. The Labute approximate surface area is 108 Å². The molecule has 0 bridgehead atoms. The van der Waals surface area contributed by atoms with Crippen LogP contribution in [0.5, 0.6) is 0 Å². The van der Waals surface area contributed by atoms with E-state index in [4.69, 9.17) is 0 Å². The SMILES string of the molecule is CC(S)[C@@H](N(C)CCCC(C)(C)C)C(F)(F)F. The van der Waals surface area contributed by atoms with Crippen molar-refractivity contribution in [3.05, 3.63) is 0 Å². The number of hydrogen-bond donors (Lipinski definition) is 1. The normalized spacial score (nSPS) is 17.3. The quantitative estimate of drug-likeness (QED) is 0.740. The maximum Gasteiger partial charge on any atom is 0.405 e. The first kappa shape index (κ1) is 17.1. The van der Waals surface area contributed by atoms with Crippen LogP contribution in [0.4, 0.5) is 13.2 Å². The van der Waals surface area contributed by atoms with E-state index in [1.807, 2.05) is 0 Å². The summed E-state index contributed by atoms with van der Waals surface area (Å²) < 4.78 is 38.4. The van der Waals surface area contributed by atoms with E-state index in [0.717, 1.165) is 12.8 Å². The van der Waals surface area contributed by atoms with Crippen molar-refractivity contribution in [1.82, 2.24) is 4.90 Å². The van der Waals surface area contributed by atoms with Gasteiger partial charge in [-0.05, 0) is 31.8 Å². The fourth-order valence-electron chi connectivity index (χ4n) is 1.89. The summed E-state index contributed by atoms with van der Waals surface area (Å²) in [7, 11) is 1.52. The van der Waals surface area contributed by atoms with Crippen molar-refractivity contribution >= 4 is 12.6 Å². The summed E-state index contributed by atoms with van der Waals surface area (Å²) in [6.45, 7) is 8.22. The van der Waals surface area contributed by atoms with Gasteiger partial charge in [0.05, 0.1) is 0 Å². The zero-order valence-electron chi connectivity index (χ0n) is 11.3. The molecule has 0 aliphatic carbocycles. The van der Waals surface area contributed by atoms with Crippen LogP contribution < -0.4 is 0 Å². The molecule has 0 saturated carbocycles. The molecule has 1 unspecified atom stereocenters. The molecule has 0 fully saturated rings. The van der Waals surface area contributed by atoms with Gasteiger partial charge < -0.3 is 0 Å². The average Bonchev–Trinajstić information content (AvgIpc) is 1.96. The smallest absolute Gasteiger partial charge is 0.294 e. The Morgan fingerprint density at radius 2 is 1.65 bits per heavy atom. The highest BCUT2D eigenvalue weighted by atomic mass is 32.1. The molecule has 0 aliphatic heterocycles. The summed E-state index contributed by atoms with van der Waals surface area (Å²) in [5.74, 6) is 0. The van der Waals surface area contributed by atoms with Crippen LogP contribution in [0, 0.1) is 5.41 Å². The standard InChI is InChI=1S/C12H24F3NS/c1-9(17)10(12(13,14)15)16(5)8-6-7-11(2,3)4/h9-10,17H,6-8H2,1-5H3/t9?,10-/m1/s1. The number of nitrogens with zero attached hydrogens (tertiary/aromatic N) is 1. The van der Waals surface area contributed by atoms with Crippen molar-refractivity contribution in [3.8, 4) is 0 Å². The number of alkyl halides is 3. The van der Waals surface area contributed by atoms with Crippen molar-refractivity contribution in [2.45, 2.75) is 58.0 Å². The predicted octanol–water partition coefficient (Wildman–Crippen LogP) is 3.99. The third-order valence-corrected chi connectivity index (χ3v) is 2.99. The van der Waals surface area contributed by atoms with E-state index in [-0.39, 0.29) is 5.41 Å². The first-order chi connectivity index (χ1) is 7.45. The van der Waals surface area contributed by atoms with E-state index in [1.54, 1.807) is 0 Å². The van der Waals surface area contributed by atoms with Crippen molar-refractivity contribution in [1.29, 1.82) is 0 Å². The molecule has 104 valence electrons. The molecule has 0 rings (SSSR count). The van der Waals surface area contributed by atoms with Gasteiger partial charge in [-0.15, -0.1) is 0 Å². The Kier molecular flexibility index (Phi) is 6.36. The van der Waals surface area contributed by atoms with Gasteiger partial charge in [0.15, 0.2) is 0 Å². The average molecular weight is 271 g/mol. The molecule has 0 amide bonds. The molecular formula is C12H24F3NS. The third kappa shape index (κ3) is 7.19. The lowest BCUT2D eigenvalue weighted by Crippen LogP contribution is -2.49. The van der Waals surface area contributed by atoms with E-state index < -0.39 is 17.5 Å². The molecule has 0 aromatic rings. The Bertz CT molecular complexity index is 221. The lowest BCUT2D eigenvalue weighted by molar-refractivity contribution is -0.179. The van der Waals surface area contributed by atoms with Gasteiger partial charge in [-0.25, -0.2) is 0 Å². The summed E-state index contributed by atoms with van der Waals surface area (Å²) in [5, 5.41) is -0.713. The number of halogens is 3. The second-order valence-corrected chi connectivity index (χ2v) is 6.69. The van der Waals surface area contributed by atoms with Crippen LogP contribution in [0.3, 0.4) is 0 Å². The largest absolute Gasteiger partial charge is 0.405 e. The highest BCUT2D eigenvalue weighted by molar-refractivity contribution is 7.81. The van der Waals surface area contributed by atoms with Crippen molar-refractivity contribution in [3.63, 3.8) is 0 Å². The first-order valence-corrected chi connectivity index (χ1v) is 6.42. The van der Waals surface area contributed by atoms with Crippen LogP contribution in [-0.4, -0.2) is 36.0 Å². The van der Waals surface area contributed by atoms with Crippen molar-refractivity contribution in [2.75, 3.05) is 13.6 Å². The van der Waals surface area contributed by atoms with E-state index in [9.17, 15) is 13.2 Å². The molecule has 0 heterocycles. The maximum absolute atomic E-state index is 12.8. The Morgan fingerprint density at radius 3 is 1.94 bits per heavy atom. The summed E-state index contributed by atoms with van der Waals surface area (Å²) in [6, 6.07) is -1.47. The van der Waals surface area contributed by atoms with Gasteiger partial charge in [-0.3, -0.25) is 4.90 Å². The monoisotopic (exact) mass is 271 g/mol. The minimum atomic E-state index is -4.21. The molecule has 2 atom stereocenters. The van der Waals surface area contributed by atoms with Gasteiger partial charge in [-0.1, -0.05) is 27.7 Å². The van der Waals surface area contributed by atoms with Gasteiger partial charge >= 0.3 is 6.18 Å². The van der Waals surface area contributed by atoms with E-state index in [2.05, 4.69) is 33.4 Å². The summed E-state index contributed by atoms with van der Waals surface area (Å²) in [4.78, 5) is 1.36. The van der Waals surface area contributed by atoms with Gasteiger partial charge in [0, 0.05) is 5.25 Å². The van der Waals surface area contributed by atoms with Crippen molar-refractivity contribution < 1.29 is 13.2 Å². The molecule has 0 aliphatic rings. The van der Waals surface area contributed by atoms with Crippen LogP contribution >= 0.6 is 12.6 Å². The van der Waals surface area contributed by atoms with Gasteiger partial charge in [0.1, 0.15) is 6.04 Å². The zero-order valence-corrected chi connectivity index (χ0v) is 12.2. The van der Waals surface area contributed by atoms with E-state index in [1.165, 1.54) is 18.9 Å². The molecule has 0 radical (unpaired) electrons. The van der Waals surface area contributed by atoms with Crippen LogP contribution in [-0.2, 0) is 0 Å². The molecule has 0 saturated heterocycles. The Balaban J connectivity index is 4.31. The fraction of sp³-hybridized carbons (Fsp3) is 1.00. The number of thiol groups is 1. The molecule has 17 heavy (non-hydrogen) atoms. The van der Waals surface area contributed by atoms with Gasteiger partial charge in [-0.2, -0.15) is 25.8 Å². The second-order valence-electron chi connectivity index (χ2n) is 5.87. The van der Waals surface area contributed by atoms with Crippen LogP contribution in [0.2, 0.25) is 0 Å². The molecule has 0 aromatic heterocycles. The Morgan fingerprint density at radius 1 is 1.18 bits per heavy atom. The summed E-state index contributed by atoms with van der Waals surface area (Å²) in [6.07, 6.45) is -2.52. The number of hydrogen-bond acceptors (Lipinski definition) is 2. The lowest BCUT2D eigenvalue weighted by atomic mass is 9.90. The minimum Gasteiger partial charge on any atom is -0.294 e. The maximum atomic E-state index is 12.8. The minimum absolute atomic E-state index is 0.168. The topological polar surface area (TPSA) is 3.24 Å². The van der Waals surface area contributed by atoms with Gasteiger partial charge in [0.25, 0.3) is 0 Å². The van der Waals surface area contributed by atoms with Crippen LogP contribution in [0.15, 0.2) is 0 Å². The van der Waals surface area contributed by atoms with Gasteiger partial charge in [0.2, 0.25) is 0 Å². The summed E-state index contributed by atoms with van der Waals surface area (Å²) in [5.41, 5.74) is 0.168. The lowest BCUT2D eigenvalue weighted by Gasteiger charge is -2.32. The molecule has 0 N–H and O–H groups in total. The summed E-state index contributed by atoms with van der Waals surface area (Å²) >= 11 is 3.94. The van der Waals surface area contributed by atoms with Crippen molar-refractivity contribution in [2.24, 2.45) is 5.41 Å². The first-order valence-electron chi connectivity index (χ1n) is 5.90. The molecule has 0 spiro atoms. The predicted molar refractivity (Wildman–Crippen MR) is 69.6 cm³/mol. The van der Waals surface area contributed by atoms with E-state index in [0.29, 0.717) is 6.54 Å². The van der Waals surface area contributed by atoms with Crippen LogP contribution in [0.1, 0.15) is 40.5 Å². The molecular weight excluding hydrogens is 247 g/mol. The van der Waals surface area contributed by atoms with E-state index >= 15 is 0 Å². The zero-order chi connectivity index (χ0) is 13.9.